The average Bonchev–Trinajstić information content (AvgIpc) is 4.09. The molecular formula is C64H47N. The lowest BCUT2D eigenvalue weighted by atomic mass is 9.59. The summed E-state index contributed by atoms with van der Waals surface area (Å²) < 4.78 is 0. The largest absolute Gasteiger partial charge is 0.310 e. The second kappa shape index (κ2) is 13.2. The average molecular weight is 830 g/mol. The molecule has 4 saturated carbocycles. The molecule has 16 rings (SSSR count). The van der Waals surface area contributed by atoms with Crippen molar-refractivity contribution in [3.63, 3.8) is 0 Å². The van der Waals surface area contributed by atoms with Gasteiger partial charge in [-0.3, -0.25) is 0 Å². The summed E-state index contributed by atoms with van der Waals surface area (Å²) >= 11 is 0. The van der Waals surface area contributed by atoms with Crippen molar-refractivity contribution in [2.24, 2.45) is 23.7 Å². The molecule has 5 unspecified atom stereocenters. The molecule has 1 nitrogen and oxygen atoms in total. The number of benzene rings is 9. The van der Waals surface area contributed by atoms with Crippen LogP contribution < -0.4 is 4.90 Å². The van der Waals surface area contributed by atoms with Crippen LogP contribution in [0.2, 0.25) is 0 Å². The normalized spacial score (nSPS) is 22.4. The molecule has 2 spiro atoms. The van der Waals surface area contributed by atoms with Crippen molar-refractivity contribution in [1.82, 2.24) is 0 Å². The highest BCUT2D eigenvalue weighted by atomic mass is 15.1. The number of hydrogen-bond donors (Lipinski definition) is 0. The summed E-state index contributed by atoms with van der Waals surface area (Å²) in [5, 5.41) is 0. The van der Waals surface area contributed by atoms with Gasteiger partial charge in [-0.15, -0.1) is 0 Å². The summed E-state index contributed by atoms with van der Waals surface area (Å²) in [6.45, 7) is 0. The van der Waals surface area contributed by atoms with Gasteiger partial charge in [-0.05, 0) is 163 Å². The molecule has 1 heteroatoms. The van der Waals surface area contributed by atoms with Crippen LogP contribution in [0.1, 0.15) is 59.1 Å². The quantitative estimate of drug-likeness (QED) is 0.167. The van der Waals surface area contributed by atoms with Gasteiger partial charge in [-0.1, -0.05) is 182 Å². The van der Waals surface area contributed by atoms with E-state index >= 15 is 0 Å². The molecule has 0 radical (unpaired) electrons. The summed E-state index contributed by atoms with van der Waals surface area (Å²) in [5.74, 6) is 3.14. The maximum atomic E-state index is 2.67. The standard InChI is InChI=1S/C64H47N/c1-3-16-41(17-4-1)47-24-15-29-61(62(47)42-18-5-2-6-19-42)65(46-30-32-52-50-22-7-11-25-54(50)63(60(52)39-46)44-35-40-34-43(37-44)59(63)36-40)45-31-33-58-53(38-45)51-23-10-14-28-57(51)64(58)55-26-12-8-20-48(55)49-21-9-13-27-56(49)64/h1-33,38-40,43-44,59H,34-37H2. The third kappa shape index (κ3) is 4.58. The number of hydrogen-bond acceptors (Lipinski definition) is 1. The zero-order valence-corrected chi connectivity index (χ0v) is 36.3. The van der Waals surface area contributed by atoms with E-state index in [1.807, 2.05) is 0 Å². The smallest absolute Gasteiger partial charge is 0.0725 e. The second-order valence-electron chi connectivity index (χ2n) is 19.9. The van der Waals surface area contributed by atoms with E-state index in [0.717, 1.165) is 11.8 Å². The molecule has 0 amide bonds. The molecule has 0 aromatic heterocycles. The zero-order chi connectivity index (χ0) is 42.4. The predicted molar refractivity (Wildman–Crippen MR) is 267 cm³/mol. The van der Waals surface area contributed by atoms with Gasteiger partial charge in [-0.2, -0.15) is 0 Å². The molecule has 65 heavy (non-hydrogen) atoms. The second-order valence-corrected chi connectivity index (χ2v) is 19.9. The lowest BCUT2D eigenvalue weighted by molar-refractivity contribution is 0.191. The van der Waals surface area contributed by atoms with Crippen LogP contribution in [0.3, 0.4) is 0 Å². The summed E-state index contributed by atoms with van der Waals surface area (Å²) in [5.41, 5.74) is 25.1. The third-order valence-corrected chi connectivity index (χ3v) is 17.3. The van der Waals surface area contributed by atoms with Crippen molar-refractivity contribution in [2.45, 2.75) is 36.5 Å². The summed E-state index contributed by atoms with van der Waals surface area (Å²) in [7, 11) is 0. The Bertz CT molecular complexity index is 3380. The van der Waals surface area contributed by atoms with Crippen LogP contribution in [-0.2, 0) is 10.8 Å². The van der Waals surface area contributed by atoms with Gasteiger partial charge in [-0.25, -0.2) is 0 Å². The molecule has 4 fully saturated rings. The van der Waals surface area contributed by atoms with Gasteiger partial charge < -0.3 is 4.90 Å². The first-order valence-electron chi connectivity index (χ1n) is 23.9. The Balaban J connectivity index is 1.01. The Morgan fingerprint density at radius 1 is 0.354 bits per heavy atom. The van der Waals surface area contributed by atoms with Gasteiger partial charge in [0.15, 0.2) is 0 Å². The molecule has 0 N–H and O–H groups in total. The monoisotopic (exact) mass is 829 g/mol. The fourth-order valence-corrected chi connectivity index (χ4v) is 15.2. The lowest BCUT2D eigenvalue weighted by Crippen LogP contribution is -2.40. The van der Waals surface area contributed by atoms with Crippen LogP contribution in [-0.4, -0.2) is 0 Å². The summed E-state index contributed by atoms with van der Waals surface area (Å²) in [4.78, 5) is 2.63. The summed E-state index contributed by atoms with van der Waals surface area (Å²) in [6.07, 6.45) is 5.53. The molecule has 4 bridgehead atoms. The van der Waals surface area contributed by atoms with Gasteiger partial charge in [0.05, 0.1) is 11.1 Å². The molecule has 308 valence electrons. The van der Waals surface area contributed by atoms with E-state index in [0.29, 0.717) is 11.8 Å². The third-order valence-electron chi connectivity index (χ3n) is 17.3. The van der Waals surface area contributed by atoms with Crippen LogP contribution in [0.4, 0.5) is 17.1 Å². The SMILES string of the molecule is c1ccc(-c2cccc(N(c3ccc4c(c3)-c3ccccc3C43c4ccccc4-c4ccccc43)c3ccc4c(c3)C3(c5ccccc5-4)C4CC5CC(C4)C3C5)c2-c2ccccc2)cc1. The highest BCUT2D eigenvalue weighted by molar-refractivity contribution is 6.00. The molecule has 0 heterocycles. The van der Waals surface area contributed by atoms with Crippen molar-refractivity contribution in [2.75, 3.05) is 4.90 Å². The number of anilines is 3. The lowest BCUT2D eigenvalue weighted by Gasteiger charge is -2.44. The Hall–Kier alpha value is -7.22. The first kappa shape index (κ1) is 36.2. The molecule has 9 aromatic rings. The summed E-state index contributed by atoms with van der Waals surface area (Å²) in [6, 6.07) is 81.1. The van der Waals surface area contributed by atoms with Crippen LogP contribution in [0.25, 0.3) is 55.6 Å². The molecule has 9 aromatic carbocycles. The highest BCUT2D eigenvalue weighted by Gasteiger charge is 2.66. The number of fused-ring (bicyclic) bond motifs is 13. The molecule has 0 aliphatic heterocycles. The van der Waals surface area contributed by atoms with Gasteiger partial charge in [0.25, 0.3) is 0 Å². The molecule has 5 atom stereocenters. The Kier molecular flexibility index (Phi) is 7.33. The van der Waals surface area contributed by atoms with E-state index in [2.05, 4.69) is 217 Å². The van der Waals surface area contributed by atoms with Crippen molar-refractivity contribution in [3.8, 4) is 55.6 Å². The van der Waals surface area contributed by atoms with Crippen molar-refractivity contribution < 1.29 is 0 Å². The number of rotatable bonds is 5. The highest BCUT2D eigenvalue weighted by Crippen LogP contribution is 2.73. The van der Waals surface area contributed by atoms with E-state index in [4.69, 9.17) is 0 Å². The van der Waals surface area contributed by atoms with E-state index < -0.39 is 5.41 Å². The van der Waals surface area contributed by atoms with Crippen LogP contribution >= 0.6 is 0 Å². The molecule has 0 saturated heterocycles. The van der Waals surface area contributed by atoms with Crippen LogP contribution in [0.5, 0.6) is 0 Å². The minimum absolute atomic E-state index is 0.0753. The minimum Gasteiger partial charge on any atom is -0.310 e. The number of nitrogens with zero attached hydrogens (tertiary/aromatic N) is 1. The Morgan fingerprint density at radius 3 is 1.55 bits per heavy atom. The van der Waals surface area contributed by atoms with Gasteiger partial charge in [0, 0.05) is 22.4 Å². The first-order valence-corrected chi connectivity index (χ1v) is 23.9. The van der Waals surface area contributed by atoms with E-state index in [1.54, 1.807) is 11.1 Å². The maximum Gasteiger partial charge on any atom is 0.0725 e. The molecule has 7 aliphatic carbocycles. The van der Waals surface area contributed by atoms with E-state index in [9.17, 15) is 0 Å². The maximum absolute atomic E-state index is 2.67. The predicted octanol–water partition coefficient (Wildman–Crippen LogP) is 16.2. The van der Waals surface area contributed by atoms with Crippen molar-refractivity contribution in [1.29, 1.82) is 0 Å². The molecular weight excluding hydrogens is 783 g/mol. The van der Waals surface area contributed by atoms with Gasteiger partial charge >= 0.3 is 0 Å². The van der Waals surface area contributed by atoms with E-state index in [1.165, 1.54) is 121 Å². The fourth-order valence-electron chi connectivity index (χ4n) is 15.2. The van der Waals surface area contributed by atoms with Crippen molar-refractivity contribution >= 4 is 17.1 Å². The fraction of sp³-hybridized carbons (Fsp3) is 0.156. The Morgan fingerprint density at radius 2 is 0.877 bits per heavy atom. The zero-order valence-electron chi connectivity index (χ0n) is 36.3. The molecule has 7 aliphatic rings. The van der Waals surface area contributed by atoms with Crippen molar-refractivity contribution in [3.05, 3.63) is 246 Å². The van der Waals surface area contributed by atoms with Crippen LogP contribution in [0.15, 0.2) is 212 Å². The van der Waals surface area contributed by atoms with Gasteiger partial charge in [0.2, 0.25) is 0 Å². The van der Waals surface area contributed by atoms with E-state index in [-0.39, 0.29) is 5.41 Å². The van der Waals surface area contributed by atoms with Gasteiger partial charge in [0.1, 0.15) is 0 Å². The minimum atomic E-state index is -0.391. The first-order chi connectivity index (χ1) is 32.2. The van der Waals surface area contributed by atoms with Crippen LogP contribution in [0, 0.1) is 23.7 Å². The topological polar surface area (TPSA) is 3.24 Å². The Labute approximate surface area is 381 Å².